The van der Waals surface area contributed by atoms with Crippen LogP contribution in [0, 0.1) is 0 Å². The van der Waals surface area contributed by atoms with E-state index in [2.05, 4.69) is 68.8 Å². The Bertz CT molecular complexity index is 231. The first-order chi connectivity index (χ1) is 10.5. The summed E-state index contributed by atoms with van der Waals surface area (Å²) in [5.74, 6) is 0. The van der Waals surface area contributed by atoms with Crippen molar-refractivity contribution in [3.8, 4) is 0 Å². The molecule has 0 amide bonds. The Hall–Kier alpha value is 0.516. The van der Waals surface area contributed by atoms with Gasteiger partial charge in [-0.15, -0.1) is 0 Å². The van der Waals surface area contributed by atoms with Gasteiger partial charge in [0, 0.05) is 0 Å². The van der Waals surface area contributed by atoms with E-state index in [1.807, 2.05) is 0 Å². The zero-order chi connectivity index (χ0) is 17.1. The number of rotatable bonds is 13. The third kappa shape index (κ3) is 7.39. The quantitative estimate of drug-likeness (QED) is 0.457. The monoisotopic (exact) mass is 369 g/mol. The summed E-state index contributed by atoms with van der Waals surface area (Å²) in [5.41, 5.74) is 0. The summed E-state index contributed by atoms with van der Waals surface area (Å²) in [5, 5.41) is 0. The summed E-state index contributed by atoms with van der Waals surface area (Å²) in [6.07, 6.45) is 0. The standard InChI is InChI=1S/C14H32N3.2C2H5.Ga/c1-7-16(8-2)13(5)11-15-12-14(6)17(9-3)10-4;2*1-2;/h13-14H,7-12H2,1-6H3;2*1H2,2H3;/q-1;;;+1. The molecule has 3 nitrogen and oxygen atoms in total. The zero-order valence-electron chi connectivity index (χ0n) is 16.7. The molecule has 0 saturated carbocycles. The molecule has 2 atom stereocenters. The molecule has 0 rings (SSSR count). The van der Waals surface area contributed by atoms with Crippen LogP contribution in [0.15, 0.2) is 0 Å². The third-order valence-corrected chi connectivity index (χ3v) is 12.3. The van der Waals surface area contributed by atoms with E-state index in [-0.39, 0.29) is 0 Å². The van der Waals surface area contributed by atoms with Crippen LogP contribution in [0.1, 0.15) is 55.4 Å². The Morgan fingerprint density at radius 1 is 0.636 bits per heavy atom. The Labute approximate surface area is 146 Å². The van der Waals surface area contributed by atoms with Crippen molar-refractivity contribution in [3.05, 3.63) is 0 Å². The van der Waals surface area contributed by atoms with E-state index < -0.39 is 16.5 Å². The molecule has 0 heterocycles. The van der Waals surface area contributed by atoms with E-state index in [4.69, 9.17) is 0 Å². The van der Waals surface area contributed by atoms with Crippen LogP contribution >= 0.6 is 0 Å². The van der Waals surface area contributed by atoms with E-state index >= 15 is 0 Å². The average Bonchev–Trinajstić information content (AvgIpc) is 2.50. The molecule has 0 radical (unpaired) electrons. The second kappa shape index (κ2) is 12.9. The Kier molecular flexibility index (Phi) is 13.2. The number of likely N-dealkylation sites (N-methyl/N-ethyl adjacent to an activating group) is 2. The van der Waals surface area contributed by atoms with E-state index in [1.54, 1.807) is 0 Å². The van der Waals surface area contributed by atoms with Crippen LogP contribution in [0.4, 0.5) is 0 Å². The predicted molar refractivity (Wildman–Crippen MR) is 103 cm³/mol. The van der Waals surface area contributed by atoms with E-state index in [1.165, 1.54) is 49.2 Å². The summed E-state index contributed by atoms with van der Waals surface area (Å²) >= 11 is -1.29. The van der Waals surface area contributed by atoms with Crippen molar-refractivity contribution in [2.45, 2.75) is 77.4 Å². The van der Waals surface area contributed by atoms with Gasteiger partial charge in [-0.2, -0.15) is 0 Å². The van der Waals surface area contributed by atoms with Gasteiger partial charge in [-0.25, -0.2) is 0 Å². The second-order valence-electron chi connectivity index (χ2n) is 6.56. The summed E-state index contributed by atoms with van der Waals surface area (Å²) in [7, 11) is 0. The van der Waals surface area contributed by atoms with Gasteiger partial charge in [-0.1, -0.05) is 0 Å². The van der Waals surface area contributed by atoms with Crippen LogP contribution in [-0.4, -0.2) is 81.2 Å². The molecule has 0 saturated heterocycles. The van der Waals surface area contributed by atoms with E-state index in [0.717, 1.165) is 0 Å². The fourth-order valence-electron chi connectivity index (χ4n) is 3.78. The number of hydrogen-bond donors (Lipinski definition) is 0. The minimum atomic E-state index is -1.29. The van der Waals surface area contributed by atoms with Crippen LogP contribution in [0.3, 0.4) is 0 Å². The third-order valence-electron chi connectivity index (χ3n) is 5.33. The maximum atomic E-state index is 2.94. The van der Waals surface area contributed by atoms with Gasteiger partial charge in [0.25, 0.3) is 0 Å². The second-order valence-corrected chi connectivity index (χ2v) is 14.3. The first-order valence-electron chi connectivity index (χ1n) is 9.70. The van der Waals surface area contributed by atoms with Crippen molar-refractivity contribution in [1.82, 2.24) is 13.4 Å². The van der Waals surface area contributed by atoms with Gasteiger partial charge in [0.2, 0.25) is 0 Å². The van der Waals surface area contributed by atoms with Crippen molar-refractivity contribution < 1.29 is 0 Å². The molecule has 132 valence electrons. The Morgan fingerprint density at radius 2 is 0.955 bits per heavy atom. The first-order valence-corrected chi connectivity index (χ1v) is 14.2. The molecule has 2 unspecified atom stereocenters. The molecule has 0 aliphatic heterocycles. The van der Waals surface area contributed by atoms with E-state index in [0.29, 0.717) is 12.1 Å². The van der Waals surface area contributed by atoms with Crippen LogP contribution in [0.25, 0.3) is 0 Å². The molecule has 0 aromatic carbocycles. The van der Waals surface area contributed by atoms with Crippen molar-refractivity contribution >= 4 is 16.5 Å². The van der Waals surface area contributed by atoms with Crippen molar-refractivity contribution in [2.75, 3.05) is 39.3 Å². The van der Waals surface area contributed by atoms with Gasteiger partial charge in [-0.3, -0.25) is 0 Å². The molecule has 0 aromatic rings. The molecular formula is C18H42GaN3. The van der Waals surface area contributed by atoms with Crippen molar-refractivity contribution in [2.24, 2.45) is 0 Å². The molecule has 0 bridgehead atoms. The molecule has 0 fully saturated rings. The maximum absolute atomic E-state index is 2.94. The molecule has 0 spiro atoms. The van der Waals surface area contributed by atoms with Gasteiger partial charge >= 0.3 is 147 Å². The van der Waals surface area contributed by atoms with Gasteiger partial charge in [0.1, 0.15) is 0 Å². The van der Waals surface area contributed by atoms with Gasteiger partial charge in [-0.05, 0) is 0 Å². The summed E-state index contributed by atoms with van der Waals surface area (Å²) in [4.78, 5) is 8.11. The molecule has 0 aromatic heterocycles. The number of nitrogens with zero attached hydrogens (tertiary/aromatic N) is 3. The number of hydrogen-bond acceptors (Lipinski definition) is 3. The SMILES string of the molecule is CCN(CC)C(C)C[N](CC(C)N(CC)CC)[Ga]([CH2]C)[CH2]C. The Morgan fingerprint density at radius 3 is 1.18 bits per heavy atom. The summed E-state index contributed by atoms with van der Waals surface area (Å²) < 4.78 is 2.94. The molecule has 0 N–H and O–H groups in total. The zero-order valence-corrected chi connectivity index (χ0v) is 19.2. The fraction of sp³-hybridized carbons (Fsp3) is 1.00. The molecule has 0 aliphatic rings. The normalized spacial score (nSPS) is 14.9. The first kappa shape index (κ1) is 22.5. The summed E-state index contributed by atoms with van der Waals surface area (Å²) in [6.45, 7) is 26.1. The van der Waals surface area contributed by atoms with Crippen LogP contribution in [0.5, 0.6) is 0 Å². The molecule has 22 heavy (non-hydrogen) atoms. The average molecular weight is 370 g/mol. The van der Waals surface area contributed by atoms with Gasteiger partial charge < -0.3 is 0 Å². The van der Waals surface area contributed by atoms with Gasteiger partial charge in [0.15, 0.2) is 0 Å². The fourth-order valence-corrected chi connectivity index (χ4v) is 9.69. The molecule has 4 heteroatoms. The molecule has 0 aliphatic carbocycles. The van der Waals surface area contributed by atoms with Crippen molar-refractivity contribution in [1.29, 1.82) is 0 Å². The molecular weight excluding hydrogens is 328 g/mol. The summed E-state index contributed by atoms with van der Waals surface area (Å²) in [6, 6.07) is 1.37. The van der Waals surface area contributed by atoms with Crippen molar-refractivity contribution in [3.63, 3.8) is 0 Å². The van der Waals surface area contributed by atoms with Gasteiger partial charge in [0.05, 0.1) is 0 Å². The topological polar surface area (TPSA) is 9.72 Å². The minimum absolute atomic E-state index is 0.685. The predicted octanol–water partition coefficient (Wildman–Crippen LogP) is 3.78. The van der Waals surface area contributed by atoms with E-state index in [9.17, 15) is 0 Å². The Balaban J connectivity index is 4.89. The van der Waals surface area contributed by atoms with Crippen LogP contribution in [0.2, 0.25) is 9.95 Å². The van der Waals surface area contributed by atoms with Crippen LogP contribution < -0.4 is 0 Å². The van der Waals surface area contributed by atoms with Crippen LogP contribution in [-0.2, 0) is 0 Å².